The van der Waals surface area contributed by atoms with Gasteiger partial charge < -0.3 is 25.2 Å². The molecule has 3 amide bonds. The lowest BCUT2D eigenvalue weighted by atomic mass is 10.1. The first-order chi connectivity index (χ1) is 16.6. The number of rotatable bonds is 8. The van der Waals surface area contributed by atoms with Gasteiger partial charge >= 0.3 is 6.03 Å². The van der Waals surface area contributed by atoms with Crippen molar-refractivity contribution in [2.45, 2.75) is 38.1 Å². The van der Waals surface area contributed by atoms with Crippen molar-refractivity contribution in [3.8, 4) is 5.75 Å². The van der Waals surface area contributed by atoms with Gasteiger partial charge in [-0.25, -0.2) is 4.79 Å². The van der Waals surface area contributed by atoms with Crippen molar-refractivity contribution in [2.24, 2.45) is 5.92 Å². The van der Waals surface area contributed by atoms with E-state index in [1.54, 1.807) is 7.11 Å². The molecule has 7 nitrogen and oxygen atoms in total. The fourth-order valence-electron chi connectivity index (χ4n) is 4.86. The Kier molecular flexibility index (Phi) is 8.28. The number of anilines is 1. The molecule has 0 aliphatic carbocycles. The highest BCUT2D eigenvalue weighted by atomic mass is 16.5. The number of amides is 3. The van der Waals surface area contributed by atoms with Crippen LogP contribution in [0.5, 0.6) is 5.75 Å². The van der Waals surface area contributed by atoms with Crippen LogP contribution in [0.4, 0.5) is 10.5 Å². The Hall–Kier alpha value is -3.22. The molecule has 2 fully saturated rings. The second kappa shape index (κ2) is 11.8. The van der Waals surface area contributed by atoms with E-state index in [1.807, 2.05) is 47.4 Å². The maximum Gasteiger partial charge on any atom is 0.315 e. The molecule has 4 rings (SSSR count). The minimum atomic E-state index is -0.236. The Bertz CT molecular complexity index is 952. The van der Waals surface area contributed by atoms with Gasteiger partial charge in [0.25, 0.3) is 0 Å². The van der Waals surface area contributed by atoms with Crippen molar-refractivity contribution in [1.82, 2.24) is 15.5 Å². The Balaban J connectivity index is 1.31. The lowest BCUT2D eigenvalue weighted by molar-refractivity contribution is -0.131. The fourth-order valence-corrected chi connectivity index (χ4v) is 4.86. The number of nitrogens with one attached hydrogen (secondary N) is 2. The van der Waals surface area contributed by atoms with Crippen molar-refractivity contribution < 1.29 is 14.3 Å². The van der Waals surface area contributed by atoms with Gasteiger partial charge in [-0.05, 0) is 42.9 Å². The van der Waals surface area contributed by atoms with Crippen LogP contribution in [0.2, 0.25) is 0 Å². The van der Waals surface area contributed by atoms with Crippen LogP contribution in [-0.2, 0) is 4.79 Å². The van der Waals surface area contributed by atoms with E-state index in [2.05, 4.69) is 27.7 Å². The van der Waals surface area contributed by atoms with Gasteiger partial charge in [0, 0.05) is 50.9 Å². The van der Waals surface area contributed by atoms with Crippen LogP contribution >= 0.6 is 0 Å². The molecule has 0 aromatic heterocycles. The molecule has 2 atom stereocenters. The third kappa shape index (κ3) is 6.43. The largest absolute Gasteiger partial charge is 0.497 e. The fraction of sp³-hybridized carbons (Fsp3) is 0.481. The monoisotopic (exact) mass is 464 g/mol. The van der Waals surface area contributed by atoms with Crippen LogP contribution in [0.15, 0.2) is 54.6 Å². The summed E-state index contributed by atoms with van der Waals surface area (Å²) in [6.45, 7) is 3.75. The Morgan fingerprint density at radius 3 is 2.76 bits per heavy atom. The lowest BCUT2D eigenvalue weighted by Gasteiger charge is -2.28. The first-order valence-corrected chi connectivity index (χ1v) is 12.4. The molecule has 0 radical (unpaired) electrons. The third-order valence-electron chi connectivity index (χ3n) is 6.84. The number of carbonyl (C=O) groups excluding carboxylic acids is 2. The summed E-state index contributed by atoms with van der Waals surface area (Å²) in [5, 5.41) is 6.20. The van der Waals surface area contributed by atoms with Crippen LogP contribution in [0.25, 0.3) is 0 Å². The summed E-state index contributed by atoms with van der Waals surface area (Å²) in [7, 11) is 1.68. The van der Waals surface area contributed by atoms with Gasteiger partial charge in [0.05, 0.1) is 13.2 Å². The number of ether oxygens (including phenoxy) is 1. The normalized spacial score (nSPS) is 19.4. The summed E-state index contributed by atoms with van der Waals surface area (Å²) in [5.41, 5.74) is 2.16. The molecule has 2 N–H and O–H groups in total. The summed E-state index contributed by atoms with van der Waals surface area (Å²) in [6.07, 6.45) is 4.68. The predicted octanol–water partition coefficient (Wildman–Crippen LogP) is 3.96. The van der Waals surface area contributed by atoms with Gasteiger partial charge in [0.2, 0.25) is 5.91 Å². The standard InChI is InChI=1S/C27H36N4O3/c1-34-24-12-8-11-23(17-24)30-16-14-21(19-30)18-28-27(33)29-25(22-9-4-2-5-10-22)20-31-15-7-3-6-13-26(31)32/h2,4-5,8-12,17,21,25H,3,6-7,13-16,18-20H2,1H3,(H2,28,29,33). The molecule has 2 unspecified atom stereocenters. The molecule has 34 heavy (non-hydrogen) atoms. The van der Waals surface area contributed by atoms with E-state index in [-0.39, 0.29) is 18.0 Å². The smallest absolute Gasteiger partial charge is 0.315 e. The Morgan fingerprint density at radius 2 is 1.94 bits per heavy atom. The van der Waals surface area contributed by atoms with E-state index in [1.165, 1.54) is 0 Å². The van der Waals surface area contributed by atoms with E-state index in [0.717, 1.165) is 62.3 Å². The minimum absolute atomic E-state index is 0.184. The van der Waals surface area contributed by atoms with Gasteiger partial charge in [0.15, 0.2) is 0 Å². The van der Waals surface area contributed by atoms with E-state index in [4.69, 9.17) is 4.74 Å². The van der Waals surface area contributed by atoms with Crippen molar-refractivity contribution in [3.63, 3.8) is 0 Å². The van der Waals surface area contributed by atoms with E-state index in [0.29, 0.717) is 25.4 Å². The average Bonchev–Trinajstić information content (AvgIpc) is 3.26. The average molecular weight is 465 g/mol. The minimum Gasteiger partial charge on any atom is -0.497 e. The van der Waals surface area contributed by atoms with E-state index in [9.17, 15) is 9.59 Å². The highest BCUT2D eigenvalue weighted by Gasteiger charge is 2.25. The summed E-state index contributed by atoms with van der Waals surface area (Å²) >= 11 is 0. The molecule has 2 aliphatic heterocycles. The van der Waals surface area contributed by atoms with Gasteiger partial charge in [-0.1, -0.05) is 42.8 Å². The summed E-state index contributed by atoms with van der Waals surface area (Å²) in [5.74, 6) is 1.43. The first kappa shape index (κ1) is 23.9. The number of methoxy groups -OCH3 is 1. The van der Waals surface area contributed by atoms with Crippen LogP contribution in [-0.4, -0.2) is 56.7 Å². The number of hydrogen-bond acceptors (Lipinski definition) is 4. The first-order valence-electron chi connectivity index (χ1n) is 12.4. The van der Waals surface area contributed by atoms with Crippen LogP contribution < -0.4 is 20.3 Å². The zero-order valence-electron chi connectivity index (χ0n) is 20.0. The summed E-state index contributed by atoms with van der Waals surface area (Å²) < 4.78 is 5.35. The maximum absolute atomic E-state index is 12.9. The number of carbonyl (C=O) groups is 2. The molecule has 2 aromatic carbocycles. The van der Waals surface area contributed by atoms with Gasteiger partial charge in [-0.15, -0.1) is 0 Å². The number of hydrogen-bond donors (Lipinski definition) is 2. The molecular formula is C27H36N4O3. The van der Waals surface area contributed by atoms with E-state index >= 15 is 0 Å². The van der Waals surface area contributed by atoms with Crippen molar-refractivity contribution >= 4 is 17.6 Å². The molecule has 0 saturated carbocycles. The number of urea groups is 1. The zero-order valence-corrected chi connectivity index (χ0v) is 20.0. The van der Waals surface area contributed by atoms with Crippen molar-refractivity contribution in [1.29, 1.82) is 0 Å². The molecule has 7 heteroatoms. The quantitative estimate of drug-likeness (QED) is 0.620. The highest BCUT2D eigenvalue weighted by molar-refractivity contribution is 5.77. The summed E-state index contributed by atoms with van der Waals surface area (Å²) in [6, 6.07) is 17.6. The molecule has 0 bridgehead atoms. The van der Waals surface area contributed by atoms with Gasteiger partial charge in [0.1, 0.15) is 5.75 Å². The Morgan fingerprint density at radius 1 is 1.09 bits per heavy atom. The predicted molar refractivity (Wildman–Crippen MR) is 134 cm³/mol. The lowest BCUT2D eigenvalue weighted by Crippen LogP contribution is -2.45. The molecule has 2 aromatic rings. The number of benzene rings is 2. The molecule has 2 aliphatic rings. The van der Waals surface area contributed by atoms with Crippen LogP contribution in [0, 0.1) is 5.92 Å². The van der Waals surface area contributed by atoms with Gasteiger partial charge in [-0.2, -0.15) is 0 Å². The SMILES string of the molecule is COc1cccc(N2CCC(CNC(=O)NC(CN3CCCCCC3=O)c3ccccc3)C2)c1. The zero-order chi connectivity index (χ0) is 23.8. The van der Waals surface area contributed by atoms with Gasteiger partial charge in [-0.3, -0.25) is 4.79 Å². The van der Waals surface area contributed by atoms with Crippen LogP contribution in [0.1, 0.15) is 43.7 Å². The second-order valence-electron chi connectivity index (χ2n) is 9.27. The van der Waals surface area contributed by atoms with Crippen molar-refractivity contribution in [3.05, 3.63) is 60.2 Å². The molecule has 2 heterocycles. The maximum atomic E-state index is 12.9. The van der Waals surface area contributed by atoms with Crippen LogP contribution in [0.3, 0.4) is 0 Å². The topological polar surface area (TPSA) is 73.9 Å². The second-order valence-corrected chi connectivity index (χ2v) is 9.27. The molecule has 182 valence electrons. The van der Waals surface area contributed by atoms with Crippen molar-refractivity contribution in [2.75, 3.05) is 44.7 Å². The Labute approximate surface area is 202 Å². The number of likely N-dealkylation sites (tertiary alicyclic amines) is 1. The molecular weight excluding hydrogens is 428 g/mol. The molecule has 0 spiro atoms. The summed E-state index contributed by atoms with van der Waals surface area (Å²) in [4.78, 5) is 29.6. The highest BCUT2D eigenvalue weighted by Crippen LogP contribution is 2.26. The third-order valence-corrected chi connectivity index (χ3v) is 6.84. The molecule has 2 saturated heterocycles. The number of nitrogens with zero attached hydrogens (tertiary/aromatic N) is 2. The van der Waals surface area contributed by atoms with E-state index < -0.39 is 0 Å².